The molecule has 1 N–H and O–H groups in total. The zero-order valence-corrected chi connectivity index (χ0v) is 15.4. The van der Waals surface area contributed by atoms with E-state index in [0.717, 1.165) is 33.3 Å². The number of pyridine rings is 2. The minimum atomic E-state index is -0.171. The van der Waals surface area contributed by atoms with E-state index in [-0.39, 0.29) is 5.91 Å². The van der Waals surface area contributed by atoms with Gasteiger partial charge in [0.25, 0.3) is 5.91 Å². The average molecular weight is 379 g/mol. The number of rotatable bonds is 3. The Bertz CT molecular complexity index is 1080. The number of aromatic nitrogens is 2. The summed E-state index contributed by atoms with van der Waals surface area (Å²) >= 11 is 6.29. The molecule has 0 bridgehead atoms. The molecule has 1 aromatic carbocycles. The highest BCUT2D eigenvalue weighted by molar-refractivity contribution is 8.26. The number of nitrogens with zero attached hydrogens (tertiary/aromatic N) is 2. The Balaban J connectivity index is 1.80. The van der Waals surface area contributed by atoms with Crippen molar-refractivity contribution in [2.75, 3.05) is 7.11 Å². The van der Waals surface area contributed by atoms with Crippen molar-refractivity contribution in [3.63, 3.8) is 0 Å². The molecular formula is C19H13N3O2S2. The quantitative estimate of drug-likeness (QED) is 0.552. The van der Waals surface area contributed by atoms with Gasteiger partial charge in [-0.05, 0) is 35.9 Å². The number of carbonyl (C=O) groups excluding carboxylic acids is 1. The molecule has 128 valence electrons. The van der Waals surface area contributed by atoms with Gasteiger partial charge in [0.1, 0.15) is 10.1 Å². The third kappa shape index (κ3) is 3.18. The van der Waals surface area contributed by atoms with Crippen molar-refractivity contribution in [2.45, 2.75) is 0 Å². The molecule has 5 nitrogen and oxygen atoms in total. The van der Waals surface area contributed by atoms with Gasteiger partial charge in [-0.15, -0.1) is 0 Å². The summed E-state index contributed by atoms with van der Waals surface area (Å²) in [7, 11) is 1.63. The summed E-state index contributed by atoms with van der Waals surface area (Å²) in [6, 6.07) is 9.65. The summed E-state index contributed by atoms with van der Waals surface area (Å²) < 4.78 is 5.98. The van der Waals surface area contributed by atoms with E-state index in [1.54, 1.807) is 19.5 Å². The van der Waals surface area contributed by atoms with Crippen LogP contribution in [0.25, 0.3) is 28.1 Å². The topological polar surface area (TPSA) is 64.1 Å². The standard InChI is InChI=1S/C19H13N3O2S2/c1-24-16-3-2-11(7-17-18(23)22-19(25)26-17)6-14(16)12-8-13-9-20-5-4-15(13)21-10-12/h2-10H,1H3,(H,22,23,25)/b17-7-. The predicted molar refractivity (Wildman–Crippen MR) is 108 cm³/mol. The van der Waals surface area contributed by atoms with Crippen molar-refractivity contribution in [3.05, 3.63) is 59.4 Å². The highest BCUT2D eigenvalue weighted by atomic mass is 32.2. The normalized spacial score (nSPS) is 15.5. The Kier molecular flexibility index (Phi) is 4.40. The summed E-state index contributed by atoms with van der Waals surface area (Å²) in [6.45, 7) is 0. The van der Waals surface area contributed by atoms with Gasteiger partial charge in [0.05, 0.1) is 17.5 Å². The molecule has 1 saturated heterocycles. The highest BCUT2D eigenvalue weighted by Crippen LogP contribution is 2.34. The van der Waals surface area contributed by atoms with Crippen LogP contribution < -0.4 is 10.1 Å². The third-order valence-electron chi connectivity index (χ3n) is 3.96. The number of methoxy groups -OCH3 is 1. The average Bonchev–Trinajstić information content (AvgIpc) is 2.98. The molecule has 7 heteroatoms. The highest BCUT2D eigenvalue weighted by Gasteiger charge is 2.22. The molecular weight excluding hydrogens is 366 g/mol. The first-order chi connectivity index (χ1) is 12.6. The molecule has 0 saturated carbocycles. The molecule has 1 amide bonds. The smallest absolute Gasteiger partial charge is 0.263 e. The van der Waals surface area contributed by atoms with Gasteiger partial charge < -0.3 is 10.1 Å². The Morgan fingerprint density at radius 3 is 2.88 bits per heavy atom. The molecule has 3 heterocycles. The number of carbonyl (C=O) groups is 1. The summed E-state index contributed by atoms with van der Waals surface area (Å²) in [4.78, 5) is 21.1. The lowest BCUT2D eigenvalue weighted by Crippen LogP contribution is -2.17. The van der Waals surface area contributed by atoms with E-state index in [1.165, 1.54) is 11.8 Å². The molecule has 4 rings (SSSR count). The number of thioether (sulfide) groups is 1. The van der Waals surface area contributed by atoms with Crippen LogP contribution >= 0.6 is 24.0 Å². The van der Waals surface area contributed by atoms with Crippen LogP contribution in [0.15, 0.2) is 53.8 Å². The number of ether oxygens (including phenoxy) is 1. The molecule has 1 aliphatic rings. The van der Waals surface area contributed by atoms with E-state index in [2.05, 4.69) is 15.3 Å². The van der Waals surface area contributed by atoms with Crippen LogP contribution in [-0.4, -0.2) is 27.3 Å². The maximum Gasteiger partial charge on any atom is 0.263 e. The van der Waals surface area contributed by atoms with Crippen LogP contribution in [0.1, 0.15) is 5.56 Å². The minimum Gasteiger partial charge on any atom is -0.496 e. The number of benzene rings is 1. The second kappa shape index (κ2) is 6.86. The molecule has 1 aliphatic heterocycles. The summed E-state index contributed by atoms with van der Waals surface area (Å²) in [6.07, 6.45) is 7.13. The van der Waals surface area contributed by atoms with Gasteiger partial charge >= 0.3 is 0 Å². The first-order valence-electron chi connectivity index (χ1n) is 7.77. The van der Waals surface area contributed by atoms with E-state index in [1.807, 2.05) is 42.6 Å². The molecule has 26 heavy (non-hydrogen) atoms. The van der Waals surface area contributed by atoms with Crippen molar-refractivity contribution in [2.24, 2.45) is 0 Å². The molecule has 0 radical (unpaired) electrons. The number of hydrogen-bond acceptors (Lipinski definition) is 6. The molecule has 0 atom stereocenters. The Morgan fingerprint density at radius 1 is 1.23 bits per heavy atom. The molecule has 0 spiro atoms. The van der Waals surface area contributed by atoms with Gasteiger partial charge in [-0.2, -0.15) is 0 Å². The third-order valence-corrected chi connectivity index (χ3v) is 5.12. The van der Waals surface area contributed by atoms with E-state index in [4.69, 9.17) is 17.0 Å². The zero-order chi connectivity index (χ0) is 18.1. The van der Waals surface area contributed by atoms with Crippen LogP contribution in [0.3, 0.4) is 0 Å². The molecule has 3 aromatic rings. The molecule has 0 aliphatic carbocycles. The second-order valence-corrected chi connectivity index (χ2v) is 7.32. The van der Waals surface area contributed by atoms with Crippen molar-refractivity contribution < 1.29 is 9.53 Å². The number of thiocarbonyl (C=S) groups is 1. The van der Waals surface area contributed by atoms with Crippen LogP contribution in [0, 0.1) is 0 Å². The van der Waals surface area contributed by atoms with Gasteiger partial charge in [0.15, 0.2) is 0 Å². The van der Waals surface area contributed by atoms with E-state index in [9.17, 15) is 4.79 Å². The maximum atomic E-state index is 11.9. The minimum absolute atomic E-state index is 0.171. The predicted octanol–water partition coefficient (Wildman–Crippen LogP) is 3.79. The van der Waals surface area contributed by atoms with Crippen LogP contribution in [0.2, 0.25) is 0 Å². The Labute approximate surface area is 159 Å². The Hall–Kier alpha value is -2.77. The SMILES string of the molecule is COc1ccc(/C=C2\SC(=S)NC2=O)cc1-c1cnc2ccncc2c1. The molecule has 1 fully saturated rings. The van der Waals surface area contributed by atoms with Crippen molar-refractivity contribution >= 4 is 51.2 Å². The van der Waals surface area contributed by atoms with Crippen LogP contribution in [0.4, 0.5) is 0 Å². The number of hydrogen-bond donors (Lipinski definition) is 1. The zero-order valence-electron chi connectivity index (χ0n) is 13.7. The number of amides is 1. The summed E-state index contributed by atoms with van der Waals surface area (Å²) in [5, 5.41) is 3.57. The van der Waals surface area contributed by atoms with E-state index < -0.39 is 0 Å². The molecule has 0 unspecified atom stereocenters. The lowest BCUT2D eigenvalue weighted by Gasteiger charge is -2.10. The maximum absolute atomic E-state index is 11.9. The fraction of sp³-hybridized carbons (Fsp3) is 0.0526. The van der Waals surface area contributed by atoms with Gasteiger partial charge in [0.2, 0.25) is 0 Å². The van der Waals surface area contributed by atoms with Gasteiger partial charge in [-0.3, -0.25) is 14.8 Å². The Morgan fingerprint density at radius 2 is 2.12 bits per heavy atom. The lowest BCUT2D eigenvalue weighted by atomic mass is 10.0. The van der Waals surface area contributed by atoms with Crippen LogP contribution in [-0.2, 0) is 4.79 Å². The molecule has 2 aromatic heterocycles. The lowest BCUT2D eigenvalue weighted by molar-refractivity contribution is -0.115. The fourth-order valence-electron chi connectivity index (χ4n) is 2.73. The second-order valence-electron chi connectivity index (χ2n) is 5.60. The number of nitrogens with one attached hydrogen (secondary N) is 1. The van der Waals surface area contributed by atoms with Crippen molar-refractivity contribution in [1.82, 2.24) is 15.3 Å². The van der Waals surface area contributed by atoms with Crippen molar-refractivity contribution in [1.29, 1.82) is 0 Å². The van der Waals surface area contributed by atoms with Gasteiger partial charge in [0, 0.05) is 35.1 Å². The van der Waals surface area contributed by atoms with Gasteiger partial charge in [-0.25, -0.2) is 0 Å². The summed E-state index contributed by atoms with van der Waals surface area (Å²) in [5.74, 6) is 0.562. The first-order valence-corrected chi connectivity index (χ1v) is 8.99. The first kappa shape index (κ1) is 16.7. The largest absolute Gasteiger partial charge is 0.496 e. The van der Waals surface area contributed by atoms with Crippen molar-refractivity contribution in [3.8, 4) is 16.9 Å². The van der Waals surface area contributed by atoms with Crippen LogP contribution in [0.5, 0.6) is 5.75 Å². The fourth-order valence-corrected chi connectivity index (χ4v) is 3.78. The van der Waals surface area contributed by atoms with Gasteiger partial charge in [-0.1, -0.05) is 30.0 Å². The van der Waals surface area contributed by atoms with E-state index in [0.29, 0.717) is 9.23 Å². The van der Waals surface area contributed by atoms with E-state index >= 15 is 0 Å². The summed E-state index contributed by atoms with van der Waals surface area (Å²) in [5.41, 5.74) is 3.58. The number of fused-ring (bicyclic) bond motifs is 1. The monoisotopic (exact) mass is 379 g/mol.